The number of carbonyl (C=O) groups is 5. The van der Waals surface area contributed by atoms with Crippen molar-refractivity contribution in [3.05, 3.63) is 99.4 Å². The first kappa shape index (κ1) is 45.9. The molecule has 1 saturated carbocycles. The van der Waals surface area contributed by atoms with Crippen molar-refractivity contribution in [1.82, 2.24) is 14.6 Å². The van der Waals surface area contributed by atoms with Crippen LogP contribution in [-0.2, 0) is 30.2 Å². The van der Waals surface area contributed by atoms with Gasteiger partial charge in [-0.15, -0.1) is 11.3 Å². The van der Waals surface area contributed by atoms with Gasteiger partial charge in [-0.2, -0.15) is 9.29 Å². The number of rotatable bonds is 13. The lowest BCUT2D eigenvalue weighted by Gasteiger charge is -2.55. The van der Waals surface area contributed by atoms with E-state index in [1.165, 1.54) is 0 Å². The normalized spacial score (nSPS) is 22.8. The average Bonchev–Trinajstić information content (AvgIpc) is 4.00. The van der Waals surface area contributed by atoms with Crippen molar-refractivity contribution < 1.29 is 51.8 Å². The number of amides is 3. The number of carboxylic acids is 2. The van der Waals surface area contributed by atoms with E-state index in [9.17, 15) is 37.5 Å². The van der Waals surface area contributed by atoms with Crippen molar-refractivity contribution in [3.8, 4) is 16.2 Å². The fraction of sp³-hybridized carbons (Fsp3) is 0.360. The predicted octanol–water partition coefficient (Wildman–Crippen LogP) is 7.86. The third kappa shape index (κ3) is 8.01. The Hall–Kier alpha value is -6.54. The number of nitrogens with zero attached hydrogens (tertiary/aromatic N) is 4. The topological polar surface area (TPSA) is 229 Å². The van der Waals surface area contributed by atoms with Crippen LogP contribution in [0.1, 0.15) is 88.9 Å². The Balaban J connectivity index is 0.742. The van der Waals surface area contributed by atoms with Gasteiger partial charge in [0.25, 0.3) is 11.9 Å². The minimum Gasteiger partial charge on any atom is -0.479 e. The third-order valence-corrected chi connectivity index (χ3v) is 18.4. The van der Waals surface area contributed by atoms with E-state index in [4.69, 9.17) is 30.8 Å². The molecule has 6 aromatic rings. The number of aliphatic carboxylic acids is 1. The van der Waals surface area contributed by atoms with Gasteiger partial charge in [0.15, 0.2) is 22.8 Å². The zero-order chi connectivity index (χ0) is 48.8. The minimum absolute atomic E-state index is 0.0157. The van der Waals surface area contributed by atoms with Crippen LogP contribution in [0.25, 0.3) is 32.3 Å². The fourth-order valence-corrected chi connectivity index (χ4v) is 14.8. The molecule has 6 aliphatic rings. The number of anilines is 3. The van der Waals surface area contributed by atoms with E-state index in [2.05, 4.69) is 21.6 Å². The number of halogens is 1. The molecule has 70 heavy (non-hydrogen) atoms. The van der Waals surface area contributed by atoms with Crippen LogP contribution in [0.15, 0.2) is 77.2 Å². The molecule has 4 N–H and O–H groups in total. The smallest absolute Gasteiger partial charge is 0.349 e. The standard InChI is InChI=1S/C50H47ClN6O11S2/c1-50-17-14-29(35(22-50)52-30-5-2-4-28(21-30)44-42(51)43(67-24-40(59)60)45(69-44)48(63)64)23-56(50)70(65,66)25-26-8-12-38-34(20-26)53-49(68-38)55-18-15-27(16-19-55)31-9-10-36-41-32(31)6-3-7-33(41)47(62)57(36)37-11-13-39(58)54-46(37)61/h2-10,12,20-21,27,29,35,37,52H,11,13-19,22-25H2,1H3,(H,59,60)(H,63,64)(H,54,58,61). The maximum Gasteiger partial charge on any atom is 0.349 e. The monoisotopic (exact) mass is 1010 g/mol. The Kier molecular flexibility index (Phi) is 11.4. The van der Waals surface area contributed by atoms with E-state index < -0.39 is 46.1 Å². The summed E-state index contributed by atoms with van der Waals surface area (Å²) in [7, 11) is -3.76. The number of ether oxygens (including phenoxy) is 1. The fourth-order valence-electron chi connectivity index (χ4n) is 11.4. The number of benzene rings is 4. The summed E-state index contributed by atoms with van der Waals surface area (Å²) in [6.45, 7) is 2.95. The number of imide groups is 1. The molecule has 1 aliphatic carbocycles. The Bertz CT molecular complexity index is 3310. The number of carbonyl (C=O) groups excluding carboxylic acids is 3. The number of carboxylic acid groups (broad SMARTS) is 2. The number of fused-ring (bicyclic) bond motifs is 4. The summed E-state index contributed by atoms with van der Waals surface area (Å²) in [5, 5.41) is 26.7. The molecule has 3 amide bonds. The number of thiophene rings is 1. The summed E-state index contributed by atoms with van der Waals surface area (Å²) in [5.74, 6) is -3.73. The van der Waals surface area contributed by atoms with Crippen LogP contribution in [0, 0.1) is 5.92 Å². The van der Waals surface area contributed by atoms with Crippen LogP contribution in [0.5, 0.6) is 5.75 Å². The maximum absolute atomic E-state index is 14.3. The summed E-state index contributed by atoms with van der Waals surface area (Å²) in [6.07, 6.45) is 4.18. The van der Waals surface area contributed by atoms with E-state index in [1.807, 2.05) is 43.3 Å². The second-order valence-corrected chi connectivity index (χ2v) is 22.4. The molecule has 2 bridgehead atoms. The zero-order valence-corrected chi connectivity index (χ0v) is 40.2. The summed E-state index contributed by atoms with van der Waals surface area (Å²) >= 11 is 7.47. The van der Waals surface area contributed by atoms with Crippen molar-refractivity contribution in [2.45, 2.75) is 81.2 Å². The summed E-state index contributed by atoms with van der Waals surface area (Å²) in [4.78, 5) is 70.2. The number of piperidine rings is 4. The Morgan fingerprint density at radius 3 is 2.57 bits per heavy atom. The Morgan fingerprint density at radius 2 is 1.81 bits per heavy atom. The molecule has 12 rings (SSSR count). The molecular weight excluding hydrogens is 960 g/mol. The van der Waals surface area contributed by atoms with Crippen LogP contribution in [0.2, 0.25) is 5.02 Å². The number of sulfonamides is 1. The molecule has 7 heterocycles. The first-order valence-corrected chi connectivity index (χ1v) is 26.0. The SMILES string of the molecule is CC12CCC(CN1S(=O)(=O)Cc1ccc3oc(N4CCC(c5ccc6c7c(cccc57)C(=O)N6C5CCC(=O)NC5=O)CC4)nc3c1)C(Nc1cccc(-c3sc(C(=O)O)c(OCC(=O)O)c3Cl)c1)C2. The summed E-state index contributed by atoms with van der Waals surface area (Å²) < 4.78 is 41.8. The lowest BCUT2D eigenvalue weighted by Crippen LogP contribution is -2.64. The molecule has 4 aromatic carbocycles. The van der Waals surface area contributed by atoms with E-state index in [-0.39, 0.29) is 63.9 Å². The summed E-state index contributed by atoms with van der Waals surface area (Å²) in [5.41, 5.74) is 4.88. The second-order valence-electron chi connectivity index (χ2n) is 19.1. The number of nitrogens with one attached hydrogen (secondary N) is 2. The number of hydrogen-bond donors (Lipinski definition) is 4. The van der Waals surface area contributed by atoms with Crippen molar-refractivity contribution in [1.29, 1.82) is 0 Å². The van der Waals surface area contributed by atoms with Crippen LogP contribution in [0.4, 0.5) is 17.4 Å². The quantitative estimate of drug-likeness (QED) is 0.0808. The Labute approximate surface area is 410 Å². The lowest BCUT2D eigenvalue weighted by atomic mass is 9.70. The average molecular weight is 1010 g/mol. The number of hydrogen-bond acceptors (Lipinski definition) is 13. The molecule has 20 heteroatoms. The molecule has 4 unspecified atom stereocenters. The molecule has 4 atom stereocenters. The molecule has 2 aromatic heterocycles. The first-order chi connectivity index (χ1) is 33.5. The van der Waals surface area contributed by atoms with Gasteiger partial charge in [0.05, 0.1) is 16.3 Å². The van der Waals surface area contributed by atoms with Gasteiger partial charge in [-0.25, -0.2) is 18.0 Å². The highest BCUT2D eigenvalue weighted by atomic mass is 35.5. The number of aromatic nitrogens is 1. The zero-order valence-electron chi connectivity index (χ0n) is 37.8. The van der Waals surface area contributed by atoms with Gasteiger partial charge in [-0.05, 0) is 116 Å². The highest BCUT2D eigenvalue weighted by molar-refractivity contribution is 7.88. The van der Waals surface area contributed by atoms with Crippen molar-refractivity contribution in [2.24, 2.45) is 5.92 Å². The molecule has 0 radical (unpaired) electrons. The predicted molar refractivity (Wildman–Crippen MR) is 262 cm³/mol. The minimum atomic E-state index is -3.76. The van der Waals surface area contributed by atoms with Gasteiger partial charge in [-0.1, -0.05) is 48.0 Å². The van der Waals surface area contributed by atoms with E-state index >= 15 is 0 Å². The van der Waals surface area contributed by atoms with Crippen molar-refractivity contribution in [3.63, 3.8) is 0 Å². The third-order valence-electron chi connectivity index (χ3n) is 14.7. The summed E-state index contributed by atoms with van der Waals surface area (Å²) in [6, 6.07) is 22.1. The van der Waals surface area contributed by atoms with Gasteiger partial charge in [0.2, 0.25) is 21.8 Å². The number of oxazole rings is 1. The number of aromatic carboxylic acids is 1. The maximum atomic E-state index is 14.3. The van der Waals surface area contributed by atoms with Crippen LogP contribution in [-0.4, -0.2) is 101 Å². The van der Waals surface area contributed by atoms with Crippen molar-refractivity contribution in [2.75, 3.05) is 41.4 Å². The highest BCUT2D eigenvalue weighted by Crippen LogP contribution is 2.49. The van der Waals surface area contributed by atoms with Crippen LogP contribution >= 0.6 is 22.9 Å². The molecular formula is C50H47ClN6O11S2. The second kappa shape index (κ2) is 17.4. The van der Waals surface area contributed by atoms with Gasteiger partial charge in [-0.3, -0.25) is 24.6 Å². The van der Waals surface area contributed by atoms with Crippen LogP contribution < -0.4 is 25.2 Å². The van der Waals surface area contributed by atoms with Gasteiger partial charge < -0.3 is 29.6 Å². The van der Waals surface area contributed by atoms with Crippen molar-refractivity contribution >= 4 is 102 Å². The van der Waals surface area contributed by atoms with Gasteiger partial charge >= 0.3 is 11.9 Å². The van der Waals surface area contributed by atoms with E-state index in [0.29, 0.717) is 76.8 Å². The Morgan fingerprint density at radius 1 is 1.01 bits per heavy atom. The molecule has 5 fully saturated rings. The lowest BCUT2D eigenvalue weighted by molar-refractivity contribution is -0.139. The van der Waals surface area contributed by atoms with Gasteiger partial charge in [0, 0.05) is 54.3 Å². The molecule has 0 spiro atoms. The highest BCUT2D eigenvalue weighted by Gasteiger charge is 2.52. The molecule has 17 nitrogen and oxygen atoms in total. The van der Waals surface area contributed by atoms with Gasteiger partial charge in [0.1, 0.15) is 16.6 Å². The molecule has 4 saturated heterocycles. The first-order valence-electron chi connectivity index (χ1n) is 23.2. The molecule has 5 aliphatic heterocycles. The van der Waals surface area contributed by atoms with E-state index in [1.54, 1.807) is 39.5 Å². The van der Waals surface area contributed by atoms with Crippen LogP contribution in [0.3, 0.4) is 0 Å². The van der Waals surface area contributed by atoms with E-state index in [0.717, 1.165) is 52.6 Å². The molecule has 362 valence electrons. The largest absolute Gasteiger partial charge is 0.479 e.